The summed E-state index contributed by atoms with van der Waals surface area (Å²) in [5.41, 5.74) is 7.13. The first-order chi connectivity index (χ1) is 8.47. The largest absolute Gasteiger partial charge is 0.502 e. The van der Waals surface area contributed by atoms with Crippen molar-refractivity contribution in [1.82, 2.24) is 4.98 Å². The summed E-state index contributed by atoms with van der Waals surface area (Å²) >= 11 is 10.8. The van der Waals surface area contributed by atoms with E-state index in [4.69, 9.17) is 23.1 Å². The van der Waals surface area contributed by atoms with Gasteiger partial charge in [-0.1, -0.05) is 0 Å². The van der Waals surface area contributed by atoms with Crippen LogP contribution in [0.2, 0.25) is 0 Å². The number of rotatable bonds is 4. The third-order valence-electron chi connectivity index (χ3n) is 2.40. The van der Waals surface area contributed by atoms with Gasteiger partial charge in [-0.3, -0.25) is 0 Å². The average molecular weight is 298 g/mol. The maximum atomic E-state index is 9.50. The molecular formula is C11H10N2O2S3. The third-order valence-corrected chi connectivity index (χ3v) is 3.99. The second kappa shape index (κ2) is 5.13. The summed E-state index contributed by atoms with van der Waals surface area (Å²) < 4.78 is 0.912. The van der Waals surface area contributed by atoms with Crippen molar-refractivity contribution in [3.05, 3.63) is 23.2 Å². The van der Waals surface area contributed by atoms with Crippen LogP contribution < -0.4 is 5.73 Å². The smallest absolute Gasteiger partial charge is 0.167 e. The van der Waals surface area contributed by atoms with Crippen LogP contribution in [-0.4, -0.2) is 25.3 Å². The highest BCUT2D eigenvalue weighted by Gasteiger charge is 2.22. The molecule has 0 aliphatic rings. The molecule has 4 N–H and O–H groups in total. The minimum Gasteiger partial charge on any atom is -0.502 e. The van der Waals surface area contributed by atoms with Gasteiger partial charge in [0.15, 0.2) is 10.1 Å². The second-order valence-corrected chi connectivity index (χ2v) is 5.72. The van der Waals surface area contributed by atoms with Gasteiger partial charge in [0, 0.05) is 12.1 Å². The van der Waals surface area contributed by atoms with Gasteiger partial charge in [-0.2, -0.15) is 0 Å². The van der Waals surface area contributed by atoms with Crippen LogP contribution in [0.4, 0.5) is 5.69 Å². The first kappa shape index (κ1) is 13.1. The number of nitrogens with two attached hydrogens (primary N) is 1. The van der Waals surface area contributed by atoms with Crippen molar-refractivity contribution >= 4 is 61.8 Å². The minimum atomic E-state index is -0.545. The molecule has 1 heterocycles. The Bertz CT molecular complexity index is 624. The Labute approximate surface area is 118 Å². The minimum absolute atomic E-state index is 0.0972. The molecule has 94 valence electrons. The molecule has 0 fully saturated rings. The van der Waals surface area contributed by atoms with Gasteiger partial charge in [0.05, 0.1) is 16.1 Å². The van der Waals surface area contributed by atoms with Crippen LogP contribution in [0.5, 0.6) is 0 Å². The molecule has 1 aromatic heterocycles. The van der Waals surface area contributed by atoms with Crippen molar-refractivity contribution in [2.75, 3.05) is 5.73 Å². The zero-order valence-electron chi connectivity index (χ0n) is 9.16. The molecule has 0 saturated heterocycles. The summed E-state index contributed by atoms with van der Waals surface area (Å²) in [6.07, 6.45) is 0.0972. The number of nitrogen functional groups attached to an aromatic ring is 1. The maximum absolute atomic E-state index is 9.50. The summed E-state index contributed by atoms with van der Waals surface area (Å²) in [6, 6.07) is 5.37. The van der Waals surface area contributed by atoms with Crippen LogP contribution in [0, 0.1) is 0 Å². The molecule has 4 nitrogen and oxygen atoms in total. The van der Waals surface area contributed by atoms with Gasteiger partial charge in [-0.15, -0.1) is 11.3 Å². The lowest BCUT2D eigenvalue weighted by Gasteiger charge is -2.08. The highest BCUT2D eigenvalue weighted by atomic mass is 32.1. The molecule has 0 saturated carbocycles. The zero-order chi connectivity index (χ0) is 13.3. The predicted molar refractivity (Wildman–Crippen MR) is 81.8 cm³/mol. The number of fused-ring (bicyclic) bond motifs is 1. The number of thiocarbonyl (C=S) groups is 2. The number of nitrogens with zero attached hydrogens (tertiary/aromatic N) is 1. The Morgan fingerprint density at radius 2 is 2.11 bits per heavy atom. The maximum Gasteiger partial charge on any atom is 0.167 e. The number of hydrogen-bond acceptors (Lipinski definition) is 5. The monoisotopic (exact) mass is 298 g/mol. The molecule has 1 unspecified atom stereocenters. The lowest BCUT2D eigenvalue weighted by Crippen LogP contribution is -2.13. The van der Waals surface area contributed by atoms with Crippen LogP contribution in [0.25, 0.3) is 10.2 Å². The Morgan fingerprint density at radius 3 is 2.72 bits per heavy atom. The molecule has 0 spiro atoms. The number of anilines is 1. The van der Waals surface area contributed by atoms with Crippen LogP contribution in [-0.2, 0) is 0 Å². The van der Waals surface area contributed by atoms with Crippen LogP contribution in [0.3, 0.4) is 0 Å². The van der Waals surface area contributed by atoms with E-state index in [2.05, 4.69) is 17.2 Å². The highest BCUT2D eigenvalue weighted by Crippen LogP contribution is 2.31. The molecule has 2 aromatic rings. The normalized spacial score (nSPS) is 12.4. The van der Waals surface area contributed by atoms with E-state index in [0.717, 1.165) is 10.2 Å². The van der Waals surface area contributed by atoms with Crippen molar-refractivity contribution in [3.8, 4) is 0 Å². The number of aromatic nitrogens is 1. The van der Waals surface area contributed by atoms with Crippen LogP contribution >= 0.6 is 35.8 Å². The summed E-state index contributed by atoms with van der Waals surface area (Å²) in [7, 11) is 0. The van der Waals surface area contributed by atoms with E-state index in [1.165, 1.54) is 11.3 Å². The number of aliphatic hydroxyl groups excluding tert-OH is 2. The molecule has 0 amide bonds. The molecule has 1 aromatic carbocycles. The molecule has 18 heavy (non-hydrogen) atoms. The number of benzene rings is 1. The van der Waals surface area contributed by atoms with E-state index in [9.17, 15) is 5.11 Å². The van der Waals surface area contributed by atoms with Gasteiger partial charge in [-0.25, -0.2) is 4.98 Å². The fraction of sp³-hybridized carbons (Fsp3) is 0.182. The first-order valence-corrected chi connectivity index (χ1v) is 6.71. The lowest BCUT2D eigenvalue weighted by atomic mass is 10.1. The Morgan fingerprint density at radius 1 is 1.39 bits per heavy atom. The van der Waals surface area contributed by atoms with Gasteiger partial charge in [0.1, 0.15) is 5.01 Å². The van der Waals surface area contributed by atoms with E-state index in [-0.39, 0.29) is 16.5 Å². The van der Waals surface area contributed by atoms with Crippen molar-refractivity contribution in [2.45, 2.75) is 12.3 Å². The standard InChI is InChI=1S/C11H10N2O2S3/c12-5-1-2-7-8(3-5)18-10(13-7)6(11(15)17)4-9(14)16/h1-3,6H,4,12H2,(H,14,16)(H,15,17). The molecule has 0 aliphatic heterocycles. The average Bonchev–Trinajstić information content (AvgIpc) is 2.67. The van der Waals surface area contributed by atoms with E-state index in [1.54, 1.807) is 12.1 Å². The Balaban J connectivity index is 2.44. The molecule has 7 heteroatoms. The van der Waals surface area contributed by atoms with Gasteiger partial charge in [0.25, 0.3) is 0 Å². The topological polar surface area (TPSA) is 79.4 Å². The SMILES string of the molecule is Nc1ccc2nc(C(CC(O)=S)C(O)=S)sc2c1. The van der Waals surface area contributed by atoms with Crippen molar-refractivity contribution in [1.29, 1.82) is 0 Å². The van der Waals surface area contributed by atoms with E-state index in [1.807, 2.05) is 6.07 Å². The summed E-state index contributed by atoms with van der Waals surface area (Å²) in [5, 5.41) is 18.9. The van der Waals surface area contributed by atoms with Gasteiger partial charge < -0.3 is 15.9 Å². The molecule has 0 radical (unpaired) electrons. The predicted octanol–water partition coefficient (Wildman–Crippen LogP) is 3.12. The number of thiazole rings is 1. The quantitative estimate of drug-likeness (QED) is 0.594. The number of hydrogen-bond donors (Lipinski definition) is 3. The van der Waals surface area contributed by atoms with E-state index >= 15 is 0 Å². The van der Waals surface area contributed by atoms with Crippen LogP contribution in [0.1, 0.15) is 17.3 Å². The second-order valence-electron chi connectivity index (χ2n) is 3.77. The fourth-order valence-corrected chi connectivity index (χ4v) is 3.12. The van der Waals surface area contributed by atoms with Crippen LogP contribution in [0.15, 0.2) is 18.2 Å². The van der Waals surface area contributed by atoms with Crippen molar-refractivity contribution < 1.29 is 10.2 Å². The van der Waals surface area contributed by atoms with Gasteiger partial charge in [0.2, 0.25) is 0 Å². The Kier molecular flexibility index (Phi) is 3.74. The summed E-state index contributed by atoms with van der Waals surface area (Å²) in [6.45, 7) is 0. The van der Waals surface area contributed by atoms with Gasteiger partial charge >= 0.3 is 0 Å². The van der Waals surface area contributed by atoms with E-state index in [0.29, 0.717) is 10.7 Å². The summed E-state index contributed by atoms with van der Waals surface area (Å²) in [4.78, 5) is 4.37. The molecule has 0 aliphatic carbocycles. The molecule has 1 atom stereocenters. The lowest BCUT2D eigenvalue weighted by molar-refractivity contribution is 0.511. The third kappa shape index (κ3) is 2.74. The number of aliphatic hydroxyl groups is 2. The zero-order valence-corrected chi connectivity index (χ0v) is 11.6. The van der Waals surface area contributed by atoms with Crippen molar-refractivity contribution in [3.63, 3.8) is 0 Å². The molecule has 2 rings (SSSR count). The van der Waals surface area contributed by atoms with Crippen molar-refractivity contribution in [2.24, 2.45) is 0 Å². The Hall–Kier alpha value is -1.31. The van der Waals surface area contributed by atoms with E-state index < -0.39 is 5.92 Å². The van der Waals surface area contributed by atoms with Gasteiger partial charge in [-0.05, 0) is 42.6 Å². The highest BCUT2D eigenvalue weighted by molar-refractivity contribution is 7.80. The summed E-state index contributed by atoms with van der Waals surface area (Å²) in [5.74, 6) is -0.545. The fourth-order valence-electron chi connectivity index (χ4n) is 1.56. The molecular weight excluding hydrogens is 288 g/mol. The molecule has 0 bridgehead atoms. The first-order valence-electron chi connectivity index (χ1n) is 5.08.